The van der Waals surface area contributed by atoms with Gasteiger partial charge in [0.1, 0.15) is 11.6 Å². The fraction of sp³-hybridized carbons (Fsp3) is 0.536. The van der Waals surface area contributed by atoms with Gasteiger partial charge >= 0.3 is 0 Å². The second-order valence-electron chi connectivity index (χ2n) is 10.7. The van der Waals surface area contributed by atoms with Crippen LogP contribution in [0.1, 0.15) is 49.3 Å². The molecular weight excluding hydrogens is 414 g/mol. The van der Waals surface area contributed by atoms with Gasteiger partial charge < -0.3 is 19.1 Å². The first-order valence-corrected chi connectivity index (χ1v) is 12.5. The summed E-state index contributed by atoms with van der Waals surface area (Å²) in [4.78, 5) is 13.3. The standard InChI is InChI=1S/C28H33NO4/c1-3-29(2)16-15-27-24-20-11-12-21(30)25(24)33-26(27)22(31)13-14-28(27,23(29)18-20)32-17-7-10-19-8-5-4-6-9-19/h4-6,8-9,11-12,23,26H,3,7,10,13-18H2,1-2H3/p+1/t23?,26?,27-,28+,29-/m0/s1. The number of benzene rings is 2. The predicted molar refractivity (Wildman–Crippen MR) is 126 cm³/mol. The third kappa shape index (κ3) is 2.69. The van der Waals surface area contributed by atoms with Crippen LogP contribution in [0.5, 0.6) is 11.5 Å². The van der Waals surface area contributed by atoms with Crippen LogP contribution < -0.4 is 4.74 Å². The van der Waals surface area contributed by atoms with Crippen LogP contribution in [0.15, 0.2) is 42.5 Å². The van der Waals surface area contributed by atoms with E-state index in [2.05, 4.69) is 50.4 Å². The Morgan fingerprint density at radius 3 is 2.79 bits per heavy atom. The average Bonchev–Trinajstić information content (AvgIpc) is 3.20. The minimum atomic E-state index is -0.546. The van der Waals surface area contributed by atoms with Crippen LogP contribution in [-0.2, 0) is 27.8 Å². The molecule has 5 atom stereocenters. The molecule has 6 rings (SSSR count). The third-order valence-corrected chi connectivity index (χ3v) is 9.40. The molecule has 1 saturated carbocycles. The molecule has 5 heteroatoms. The summed E-state index contributed by atoms with van der Waals surface area (Å²) in [6, 6.07) is 14.6. The van der Waals surface area contributed by atoms with Crippen LogP contribution >= 0.6 is 0 Å². The normalized spacial score (nSPS) is 35.8. The molecule has 2 aliphatic heterocycles. The zero-order valence-corrected chi connectivity index (χ0v) is 19.7. The van der Waals surface area contributed by atoms with Gasteiger partial charge in [0.25, 0.3) is 0 Å². The number of likely N-dealkylation sites (tertiary alicyclic amines) is 1. The number of ketones is 1. The van der Waals surface area contributed by atoms with Gasteiger partial charge in [-0.3, -0.25) is 4.79 Å². The van der Waals surface area contributed by atoms with Crippen molar-refractivity contribution in [1.29, 1.82) is 0 Å². The number of ether oxygens (including phenoxy) is 2. The Labute approximate surface area is 195 Å². The molecule has 0 radical (unpaired) electrons. The zero-order chi connectivity index (χ0) is 22.8. The van der Waals surface area contributed by atoms with E-state index in [1.807, 2.05) is 0 Å². The molecule has 2 aromatic carbocycles. The summed E-state index contributed by atoms with van der Waals surface area (Å²) in [6.07, 6.45) is 4.36. The van der Waals surface area contributed by atoms with Crippen molar-refractivity contribution in [3.8, 4) is 11.5 Å². The number of phenols is 1. The lowest BCUT2D eigenvalue weighted by Crippen LogP contribution is -2.81. The van der Waals surface area contributed by atoms with E-state index < -0.39 is 17.1 Å². The van der Waals surface area contributed by atoms with E-state index in [1.165, 1.54) is 11.1 Å². The van der Waals surface area contributed by atoms with Crippen molar-refractivity contribution in [3.63, 3.8) is 0 Å². The van der Waals surface area contributed by atoms with E-state index in [-0.39, 0.29) is 17.6 Å². The summed E-state index contributed by atoms with van der Waals surface area (Å²) < 4.78 is 14.4. The molecule has 2 fully saturated rings. The number of likely N-dealkylation sites (N-methyl/N-ethyl adjacent to an activating group) is 1. The first-order valence-electron chi connectivity index (χ1n) is 12.5. The van der Waals surface area contributed by atoms with Gasteiger partial charge in [-0.1, -0.05) is 36.4 Å². The quantitative estimate of drug-likeness (QED) is 0.537. The Kier molecular flexibility index (Phi) is 4.69. The minimum absolute atomic E-state index is 0.153. The summed E-state index contributed by atoms with van der Waals surface area (Å²) in [6.45, 7) is 4.98. The summed E-state index contributed by atoms with van der Waals surface area (Å²) in [7, 11) is 2.36. The highest BCUT2D eigenvalue weighted by Gasteiger charge is 2.77. The van der Waals surface area contributed by atoms with Gasteiger partial charge in [-0.2, -0.15) is 0 Å². The average molecular weight is 449 g/mol. The molecule has 4 aliphatic rings. The number of hydrogen-bond acceptors (Lipinski definition) is 4. The molecule has 1 N–H and O–H groups in total. The minimum Gasteiger partial charge on any atom is -0.504 e. The fourth-order valence-electron chi connectivity index (χ4n) is 7.64. The van der Waals surface area contributed by atoms with Gasteiger partial charge in [-0.05, 0) is 43.4 Å². The topological polar surface area (TPSA) is 55.8 Å². The molecule has 33 heavy (non-hydrogen) atoms. The molecule has 2 aromatic rings. The van der Waals surface area contributed by atoms with E-state index in [4.69, 9.17) is 9.47 Å². The first-order chi connectivity index (χ1) is 16.0. The fourth-order valence-corrected chi connectivity index (χ4v) is 7.64. The number of piperidine rings is 1. The van der Waals surface area contributed by atoms with Crippen molar-refractivity contribution < 1.29 is 23.9 Å². The van der Waals surface area contributed by atoms with Gasteiger partial charge in [0.2, 0.25) is 0 Å². The smallest absolute Gasteiger partial charge is 0.174 e. The Morgan fingerprint density at radius 2 is 2.00 bits per heavy atom. The highest BCUT2D eigenvalue weighted by Crippen LogP contribution is 2.66. The number of carbonyl (C=O) groups excluding carboxylic acids is 1. The second-order valence-corrected chi connectivity index (χ2v) is 10.7. The Balaban J connectivity index is 1.43. The number of aryl methyl sites for hydroxylation is 1. The number of Topliss-reactive ketones (excluding diaryl/α,β-unsaturated/α-hetero) is 1. The lowest BCUT2D eigenvalue weighted by Gasteiger charge is -2.65. The number of phenolic OH excluding ortho intramolecular Hbond substituents is 1. The molecule has 2 heterocycles. The molecule has 0 aromatic heterocycles. The number of hydrogen-bond donors (Lipinski definition) is 1. The molecule has 2 unspecified atom stereocenters. The lowest BCUT2D eigenvalue weighted by atomic mass is 9.48. The Hall–Kier alpha value is -2.37. The SMILES string of the molecule is CC[N@@+]1(C)CC[C@]23c4c5ccc(O)c4OC2C(=O)CC[C@@]3(OCCCc2ccccc2)C1C5. The molecule has 5 nitrogen and oxygen atoms in total. The number of quaternary nitrogens is 1. The van der Waals surface area contributed by atoms with E-state index in [1.54, 1.807) is 6.07 Å². The van der Waals surface area contributed by atoms with Crippen molar-refractivity contribution in [2.24, 2.45) is 0 Å². The molecule has 2 aliphatic carbocycles. The van der Waals surface area contributed by atoms with Crippen LogP contribution in [0, 0.1) is 0 Å². The van der Waals surface area contributed by atoms with E-state index >= 15 is 0 Å². The first kappa shape index (κ1) is 21.2. The number of rotatable bonds is 6. The molecule has 174 valence electrons. The Bertz CT molecular complexity index is 1100. The second kappa shape index (κ2) is 7.31. The van der Waals surface area contributed by atoms with E-state index in [9.17, 15) is 9.90 Å². The largest absolute Gasteiger partial charge is 0.504 e. The molecular formula is C28H34NO4+. The zero-order valence-electron chi connectivity index (χ0n) is 19.7. The molecule has 2 bridgehead atoms. The van der Waals surface area contributed by atoms with Crippen molar-refractivity contribution >= 4 is 5.78 Å². The van der Waals surface area contributed by atoms with Gasteiger partial charge in [0, 0.05) is 31.4 Å². The summed E-state index contributed by atoms with van der Waals surface area (Å²) >= 11 is 0. The number of carbonyl (C=O) groups is 1. The van der Waals surface area contributed by atoms with Crippen molar-refractivity contribution in [2.45, 2.75) is 68.6 Å². The third-order valence-electron chi connectivity index (χ3n) is 9.40. The van der Waals surface area contributed by atoms with Gasteiger partial charge in [0.15, 0.2) is 23.4 Å². The lowest BCUT2D eigenvalue weighted by molar-refractivity contribution is -0.947. The van der Waals surface area contributed by atoms with Gasteiger partial charge in [0.05, 0.1) is 25.6 Å². The van der Waals surface area contributed by atoms with Crippen molar-refractivity contribution in [1.82, 2.24) is 0 Å². The highest BCUT2D eigenvalue weighted by molar-refractivity contribution is 5.90. The summed E-state index contributed by atoms with van der Waals surface area (Å²) in [5.74, 6) is 0.851. The van der Waals surface area contributed by atoms with E-state index in [0.717, 1.165) is 55.2 Å². The van der Waals surface area contributed by atoms with Crippen LogP contribution in [-0.4, -0.2) is 59.9 Å². The van der Waals surface area contributed by atoms with Crippen LogP contribution in [0.3, 0.4) is 0 Å². The predicted octanol–water partition coefficient (Wildman–Crippen LogP) is 3.94. The monoisotopic (exact) mass is 448 g/mol. The van der Waals surface area contributed by atoms with Crippen LogP contribution in [0.25, 0.3) is 0 Å². The highest BCUT2D eigenvalue weighted by atomic mass is 16.5. The van der Waals surface area contributed by atoms with Crippen molar-refractivity contribution in [3.05, 3.63) is 59.2 Å². The van der Waals surface area contributed by atoms with Crippen LogP contribution in [0.2, 0.25) is 0 Å². The van der Waals surface area contributed by atoms with Gasteiger partial charge in [-0.15, -0.1) is 0 Å². The van der Waals surface area contributed by atoms with Crippen molar-refractivity contribution in [2.75, 3.05) is 26.7 Å². The maximum atomic E-state index is 13.3. The summed E-state index contributed by atoms with van der Waals surface area (Å²) in [5, 5.41) is 10.7. The van der Waals surface area contributed by atoms with E-state index in [0.29, 0.717) is 18.8 Å². The Morgan fingerprint density at radius 1 is 1.18 bits per heavy atom. The molecule has 0 amide bonds. The maximum absolute atomic E-state index is 13.3. The van der Waals surface area contributed by atoms with Gasteiger partial charge in [-0.25, -0.2) is 0 Å². The number of aromatic hydroxyl groups is 1. The molecule has 1 spiro atoms. The van der Waals surface area contributed by atoms with Crippen LogP contribution in [0.4, 0.5) is 0 Å². The molecule has 1 saturated heterocycles. The number of nitrogens with zero attached hydrogens (tertiary/aromatic N) is 1. The maximum Gasteiger partial charge on any atom is 0.174 e. The summed E-state index contributed by atoms with van der Waals surface area (Å²) in [5.41, 5.74) is 2.69.